The largest absolute Gasteiger partial charge is 0.337 e. The van der Waals surface area contributed by atoms with Gasteiger partial charge in [-0.15, -0.1) is 11.3 Å². The molecule has 25 heavy (non-hydrogen) atoms. The Balaban J connectivity index is 1.80. The molecule has 0 saturated heterocycles. The Morgan fingerprint density at radius 2 is 1.60 bits per heavy atom. The fourth-order valence-corrected chi connectivity index (χ4v) is 4.40. The molecule has 1 N–H and O–H groups in total. The van der Waals surface area contributed by atoms with E-state index in [1.807, 2.05) is 18.2 Å². The molecule has 2 heterocycles. The Bertz CT molecular complexity index is 1040. The van der Waals surface area contributed by atoms with E-state index in [0.29, 0.717) is 26.6 Å². The minimum atomic E-state index is 0.433. The zero-order chi connectivity index (χ0) is 17.4. The van der Waals surface area contributed by atoms with Gasteiger partial charge in [0.2, 0.25) is 0 Å². The van der Waals surface area contributed by atoms with Gasteiger partial charge in [-0.1, -0.05) is 65.1 Å². The highest BCUT2D eigenvalue weighted by Gasteiger charge is 2.13. The van der Waals surface area contributed by atoms with Crippen molar-refractivity contribution in [3.05, 3.63) is 69.9 Å². The van der Waals surface area contributed by atoms with Gasteiger partial charge in [0.15, 0.2) is 0 Å². The standard InChI is InChI=1S/C18H10Cl3N3S/c19-11-6-13(20)16(14(21)7-11)24-17-12-8-15(10-4-2-1-3-5-10)25-18(12)23-9-22-17/h1-9H,(H,22,23,24). The van der Waals surface area contributed by atoms with E-state index >= 15 is 0 Å². The van der Waals surface area contributed by atoms with Crippen molar-refractivity contribution in [1.82, 2.24) is 9.97 Å². The lowest BCUT2D eigenvalue weighted by atomic mass is 10.2. The predicted octanol–water partition coefficient (Wildman–Crippen LogP) is 7.06. The third kappa shape index (κ3) is 3.31. The molecule has 7 heteroatoms. The molecule has 124 valence electrons. The summed E-state index contributed by atoms with van der Waals surface area (Å²) in [6, 6.07) is 15.5. The number of benzene rings is 2. The van der Waals surface area contributed by atoms with Crippen LogP contribution in [0.15, 0.2) is 54.9 Å². The fraction of sp³-hybridized carbons (Fsp3) is 0. The van der Waals surface area contributed by atoms with E-state index in [0.717, 1.165) is 20.7 Å². The first-order valence-corrected chi connectivity index (χ1v) is 9.28. The summed E-state index contributed by atoms with van der Waals surface area (Å²) in [5.41, 5.74) is 1.71. The van der Waals surface area contributed by atoms with Crippen molar-refractivity contribution in [3.8, 4) is 10.4 Å². The summed E-state index contributed by atoms with van der Waals surface area (Å²) < 4.78 is 0. The van der Waals surface area contributed by atoms with Gasteiger partial charge in [-0.25, -0.2) is 9.97 Å². The number of hydrogen-bond acceptors (Lipinski definition) is 4. The van der Waals surface area contributed by atoms with Crippen molar-refractivity contribution in [2.45, 2.75) is 0 Å². The summed E-state index contributed by atoms with van der Waals surface area (Å²) in [7, 11) is 0. The Kier molecular flexibility index (Phi) is 4.52. The molecule has 0 spiro atoms. The lowest BCUT2D eigenvalue weighted by Crippen LogP contribution is -1.96. The van der Waals surface area contributed by atoms with Crippen LogP contribution in [-0.2, 0) is 0 Å². The van der Waals surface area contributed by atoms with E-state index in [4.69, 9.17) is 34.8 Å². The van der Waals surface area contributed by atoms with Crippen molar-refractivity contribution >= 4 is 67.9 Å². The van der Waals surface area contributed by atoms with Crippen LogP contribution in [0.2, 0.25) is 15.1 Å². The number of halogens is 3. The van der Waals surface area contributed by atoms with Gasteiger partial charge in [0.25, 0.3) is 0 Å². The van der Waals surface area contributed by atoms with Crippen LogP contribution in [0, 0.1) is 0 Å². The van der Waals surface area contributed by atoms with Crippen LogP contribution in [-0.4, -0.2) is 9.97 Å². The maximum atomic E-state index is 6.26. The molecule has 2 aromatic heterocycles. The zero-order valence-corrected chi connectivity index (χ0v) is 15.7. The summed E-state index contributed by atoms with van der Waals surface area (Å²) in [6.45, 7) is 0. The number of aromatic nitrogens is 2. The van der Waals surface area contributed by atoms with E-state index in [1.165, 1.54) is 6.33 Å². The first-order valence-electron chi connectivity index (χ1n) is 7.33. The first kappa shape index (κ1) is 16.6. The van der Waals surface area contributed by atoms with Gasteiger partial charge in [0, 0.05) is 9.90 Å². The monoisotopic (exact) mass is 405 g/mol. The van der Waals surface area contributed by atoms with E-state index in [-0.39, 0.29) is 0 Å². The van der Waals surface area contributed by atoms with Crippen LogP contribution < -0.4 is 5.32 Å². The Morgan fingerprint density at radius 1 is 0.880 bits per heavy atom. The van der Waals surface area contributed by atoms with Gasteiger partial charge in [-0.3, -0.25) is 0 Å². The van der Waals surface area contributed by atoms with Crippen molar-refractivity contribution < 1.29 is 0 Å². The fourth-order valence-electron chi connectivity index (χ4n) is 2.48. The topological polar surface area (TPSA) is 37.8 Å². The summed E-state index contributed by atoms with van der Waals surface area (Å²) >= 11 is 20.1. The predicted molar refractivity (Wildman–Crippen MR) is 108 cm³/mol. The van der Waals surface area contributed by atoms with E-state index in [1.54, 1.807) is 23.5 Å². The second-order valence-corrected chi connectivity index (χ2v) is 7.57. The van der Waals surface area contributed by atoms with Crippen molar-refractivity contribution in [3.63, 3.8) is 0 Å². The minimum Gasteiger partial charge on any atom is -0.337 e. The number of anilines is 2. The van der Waals surface area contributed by atoms with Gasteiger partial charge in [0.1, 0.15) is 17.0 Å². The molecule has 2 aromatic carbocycles. The second kappa shape index (κ2) is 6.81. The highest BCUT2D eigenvalue weighted by molar-refractivity contribution is 7.21. The Morgan fingerprint density at radius 3 is 2.32 bits per heavy atom. The molecule has 0 bridgehead atoms. The zero-order valence-electron chi connectivity index (χ0n) is 12.6. The third-order valence-corrected chi connectivity index (χ3v) is 5.54. The lowest BCUT2D eigenvalue weighted by Gasteiger charge is -2.10. The third-order valence-electron chi connectivity index (χ3n) is 3.64. The van der Waals surface area contributed by atoms with Gasteiger partial charge < -0.3 is 5.32 Å². The summed E-state index contributed by atoms with van der Waals surface area (Å²) in [4.78, 5) is 10.7. The van der Waals surface area contributed by atoms with Crippen molar-refractivity contribution in [2.24, 2.45) is 0 Å². The molecule has 0 atom stereocenters. The SMILES string of the molecule is Clc1cc(Cl)c(Nc2ncnc3sc(-c4ccccc4)cc23)c(Cl)c1. The Labute approximate surface area is 163 Å². The smallest absolute Gasteiger partial charge is 0.142 e. The molecule has 0 aliphatic heterocycles. The molecular weight excluding hydrogens is 397 g/mol. The van der Waals surface area contributed by atoms with Gasteiger partial charge in [0.05, 0.1) is 21.1 Å². The van der Waals surface area contributed by atoms with Gasteiger partial charge in [-0.05, 0) is 23.8 Å². The second-order valence-electron chi connectivity index (χ2n) is 5.29. The van der Waals surface area contributed by atoms with Crippen LogP contribution in [0.4, 0.5) is 11.5 Å². The highest BCUT2D eigenvalue weighted by atomic mass is 35.5. The molecule has 0 aliphatic rings. The van der Waals surface area contributed by atoms with E-state index in [2.05, 4.69) is 33.5 Å². The molecular formula is C18H10Cl3N3S. The normalized spacial score (nSPS) is 11.0. The number of fused-ring (bicyclic) bond motifs is 1. The van der Waals surface area contributed by atoms with Crippen molar-refractivity contribution in [1.29, 1.82) is 0 Å². The van der Waals surface area contributed by atoms with E-state index < -0.39 is 0 Å². The van der Waals surface area contributed by atoms with Crippen LogP contribution in [0.1, 0.15) is 0 Å². The number of thiophene rings is 1. The summed E-state index contributed by atoms with van der Waals surface area (Å²) in [5, 5.41) is 5.47. The van der Waals surface area contributed by atoms with Crippen LogP contribution in [0.5, 0.6) is 0 Å². The van der Waals surface area contributed by atoms with Gasteiger partial charge >= 0.3 is 0 Å². The van der Waals surface area contributed by atoms with Gasteiger partial charge in [-0.2, -0.15) is 0 Å². The molecule has 4 rings (SSSR count). The quantitative estimate of drug-likeness (QED) is 0.395. The summed E-state index contributed by atoms with van der Waals surface area (Å²) in [6.07, 6.45) is 1.52. The van der Waals surface area contributed by atoms with Crippen LogP contribution >= 0.6 is 46.1 Å². The molecule has 0 saturated carbocycles. The highest BCUT2D eigenvalue weighted by Crippen LogP contribution is 2.39. The average molecular weight is 407 g/mol. The Hall–Kier alpha value is -1.85. The molecule has 0 radical (unpaired) electrons. The molecule has 0 amide bonds. The molecule has 0 aliphatic carbocycles. The number of nitrogens with one attached hydrogen (secondary N) is 1. The van der Waals surface area contributed by atoms with Crippen molar-refractivity contribution in [2.75, 3.05) is 5.32 Å². The summed E-state index contributed by atoms with van der Waals surface area (Å²) in [5.74, 6) is 0.648. The number of hydrogen-bond donors (Lipinski definition) is 1. The average Bonchev–Trinajstić information content (AvgIpc) is 3.04. The minimum absolute atomic E-state index is 0.433. The molecule has 3 nitrogen and oxygen atoms in total. The van der Waals surface area contributed by atoms with Crippen LogP contribution in [0.25, 0.3) is 20.7 Å². The first-order chi connectivity index (χ1) is 12.1. The van der Waals surface area contributed by atoms with Crippen LogP contribution in [0.3, 0.4) is 0 Å². The molecule has 4 aromatic rings. The maximum absolute atomic E-state index is 6.26. The van der Waals surface area contributed by atoms with E-state index in [9.17, 15) is 0 Å². The molecule has 0 unspecified atom stereocenters. The number of nitrogens with zero attached hydrogens (tertiary/aromatic N) is 2. The maximum Gasteiger partial charge on any atom is 0.142 e. The lowest BCUT2D eigenvalue weighted by molar-refractivity contribution is 1.23. The molecule has 0 fully saturated rings. The number of rotatable bonds is 3.